The van der Waals surface area contributed by atoms with Gasteiger partial charge in [-0.3, -0.25) is 14.5 Å². The summed E-state index contributed by atoms with van der Waals surface area (Å²) < 4.78 is 5.43. The molecule has 2 aromatic carbocycles. The van der Waals surface area contributed by atoms with E-state index in [4.69, 9.17) is 16.1 Å². The Hall–Kier alpha value is -2.90. The number of fused-ring (bicyclic) bond motifs is 2. The highest BCUT2D eigenvalue weighted by Gasteiger charge is 2.34. The number of benzene rings is 2. The highest BCUT2D eigenvalue weighted by Crippen LogP contribution is 2.37. The Morgan fingerprint density at radius 3 is 2.69 bits per heavy atom. The summed E-state index contributed by atoms with van der Waals surface area (Å²) in [5, 5.41) is 5.80. The Morgan fingerprint density at radius 2 is 1.94 bits per heavy atom. The lowest BCUT2D eigenvalue weighted by Crippen LogP contribution is -2.48. The van der Waals surface area contributed by atoms with E-state index >= 15 is 0 Å². The average Bonchev–Trinajstić information content (AvgIpc) is 3.32. The quantitative estimate of drug-likeness (QED) is 0.546. The summed E-state index contributed by atoms with van der Waals surface area (Å²) in [5.74, 6) is 0.803. The minimum atomic E-state index is -0.201. The van der Waals surface area contributed by atoms with Crippen LogP contribution in [0.5, 0.6) is 0 Å². The third-order valence-electron chi connectivity index (χ3n) is 6.51. The van der Waals surface area contributed by atoms with Gasteiger partial charge in [-0.15, -0.1) is 0 Å². The standard InChI is InChI=1S/C24H25ClN4O3/c1-3-29-20-7-4-16(12-19(20)15(2)24(29)31)21(30)14-27-8-10-28(11-9-27)23-18-6-5-17(25)13-22(18)32-26-23/h4-7,12-13,15H,3,8-11,14H2,1-2H3. The van der Waals surface area contributed by atoms with Crippen LogP contribution in [0.15, 0.2) is 40.9 Å². The Bertz CT molecular complexity index is 1200. The van der Waals surface area contributed by atoms with Gasteiger partial charge >= 0.3 is 0 Å². The fourth-order valence-electron chi connectivity index (χ4n) is 4.67. The monoisotopic (exact) mass is 452 g/mol. The molecule has 0 N–H and O–H groups in total. The molecule has 1 unspecified atom stereocenters. The van der Waals surface area contributed by atoms with Crippen LogP contribution in [0.1, 0.15) is 35.7 Å². The molecule has 8 heteroatoms. The van der Waals surface area contributed by atoms with E-state index in [-0.39, 0.29) is 17.6 Å². The molecule has 32 heavy (non-hydrogen) atoms. The topological polar surface area (TPSA) is 69.9 Å². The zero-order chi connectivity index (χ0) is 22.4. The van der Waals surface area contributed by atoms with Crippen molar-refractivity contribution in [2.75, 3.05) is 49.1 Å². The number of anilines is 2. The molecule has 3 aromatic rings. The summed E-state index contributed by atoms with van der Waals surface area (Å²) in [6.07, 6.45) is 0. The molecule has 7 nitrogen and oxygen atoms in total. The number of amides is 1. The molecule has 0 aliphatic carbocycles. The molecule has 2 aliphatic heterocycles. The summed E-state index contributed by atoms with van der Waals surface area (Å²) in [5.41, 5.74) is 3.22. The van der Waals surface area contributed by atoms with E-state index in [1.807, 2.05) is 44.2 Å². The minimum absolute atomic E-state index is 0.0809. The van der Waals surface area contributed by atoms with Crippen molar-refractivity contribution < 1.29 is 14.1 Å². The van der Waals surface area contributed by atoms with Crippen molar-refractivity contribution in [3.8, 4) is 0 Å². The van der Waals surface area contributed by atoms with Gasteiger partial charge in [0, 0.05) is 55.1 Å². The number of nitrogens with zero attached hydrogens (tertiary/aromatic N) is 4. The first-order chi connectivity index (χ1) is 15.5. The first-order valence-electron chi connectivity index (χ1n) is 11.0. The van der Waals surface area contributed by atoms with Crippen LogP contribution in [-0.4, -0.2) is 61.0 Å². The van der Waals surface area contributed by atoms with Crippen LogP contribution in [0.2, 0.25) is 5.02 Å². The second-order valence-corrected chi connectivity index (χ2v) is 8.85. The summed E-state index contributed by atoms with van der Waals surface area (Å²) in [6, 6.07) is 11.2. The maximum absolute atomic E-state index is 13.0. The van der Waals surface area contributed by atoms with Crippen molar-refractivity contribution in [1.82, 2.24) is 10.1 Å². The molecule has 1 atom stereocenters. The summed E-state index contributed by atoms with van der Waals surface area (Å²) in [4.78, 5) is 31.5. The zero-order valence-corrected chi connectivity index (χ0v) is 18.9. The van der Waals surface area contributed by atoms with Gasteiger partial charge in [0.05, 0.1) is 17.8 Å². The number of Topliss-reactive ketones (excluding diaryl/α,β-unsaturated/α-hetero) is 1. The van der Waals surface area contributed by atoms with Crippen LogP contribution < -0.4 is 9.80 Å². The third-order valence-corrected chi connectivity index (χ3v) is 6.75. The number of aromatic nitrogens is 1. The first-order valence-corrected chi connectivity index (χ1v) is 11.3. The van der Waals surface area contributed by atoms with Crippen LogP contribution in [0, 0.1) is 0 Å². The van der Waals surface area contributed by atoms with Crippen LogP contribution in [0.4, 0.5) is 11.5 Å². The van der Waals surface area contributed by atoms with Gasteiger partial charge in [0.1, 0.15) is 0 Å². The normalized spacial score (nSPS) is 19.1. The maximum atomic E-state index is 13.0. The van der Waals surface area contributed by atoms with E-state index in [2.05, 4.69) is 15.0 Å². The lowest BCUT2D eigenvalue weighted by Gasteiger charge is -2.34. The van der Waals surface area contributed by atoms with Crippen LogP contribution >= 0.6 is 11.6 Å². The fraction of sp³-hybridized carbons (Fsp3) is 0.375. The Morgan fingerprint density at radius 1 is 1.16 bits per heavy atom. The van der Waals surface area contributed by atoms with Gasteiger partial charge in [-0.25, -0.2) is 0 Å². The second kappa shape index (κ2) is 8.22. The number of hydrogen-bond acceptors (Lipinski definition) is 6. The van der Waals surface area contributed by atoms with Gasteiger partial charge in [0.15, 0.2) is 17.2 Å². The lowest BCUT2D eigenvalue weighted by molar-refractivity contribution is -0.118. The van der Waals surface area contributed by atoms with E-state index in [1.165, 1.54) is 0 Å². The Balaban J connectivity index is 1.24. The Labute approximate surface area is 191 Å². The molecule has 3 heterocycles. The number of carbonyl (C=O) groups excluding carboxylic acids is 2. The van der Waals surface area contributed by atoms with Crippen molar-refractivity contribution >= 4 is 45.8 Å². The zero-order valence-electron chi connectivity index (χ0n) is 18.2. The number of likely N-dealkylation sites (N-methyl/N-ethyl adjacent to an activating group) is 1. The largest absolute Gasteiger partial charge is 0.354 e. The number of hydrogen-bond donors (Lipinski definition) is 0. The minimum Gasteiger partial charge on any atom is -0.354 e. The van der Waals surface area contributed by atoms with Crippen LogP contribution in [0.25, 0.3) is 11.0 Å². The van der Waals surface area contributed by atoms with Gasteiger partial charge < -0.3 is 14.3 Å². The molecule has 0 bridgehead atoms. The van der Waals surface area contributed by atoms with Crippen molar-refractivity contribution in [3.05, 3.63) is 52.5 Å². The lowest BCUT2D eigenvalue weighted by atomic mass is 9.98. The fourth-order valence-corrected chi connectivity index (χ4v) is 4.83. The summed E-state index contributed by atoms with van der Waals surface area (Å²) in [7, 11) is 0. The Kier molecular flexibility index (Phi) is 5.39. The smallest absolute Gasteiger partial charge is 0.234 e. The second-order valence-electron chi connectivity index (χ2n) is 8.41. The van der Waals surface area contributed by atoms with E-state index in [0.29, 0.717) is 29.3 Å². The number of carbonyl (C=O) groups is 2. The van der Waals surface area contributed by atoms with Crippen molar-refractivity contribution in [2.24, 2.45) is 0 Å². The number of rotatable bonds is 5. The first kappa shape index (κ1) is 21.0. The van der Waals surface area contributed by atoms with Crippen molar-refractivity contribution in [1.29, 1.82) is 0 Å². The molecular formula is C24H25ClN4O3. The molecule has 1 saturated heterocycles. The van der Waals surface area contributed by atoms with Gasteiger partial charge in [-0.2, -0.15) is 0 Å². The third kappa shape index (κ3) is 3.55. The van der Waals surface area contributed by atoms with E-state index < -0.39 is 0 Å². The molecule has 0 radical (unpaired) electrons. The molecule has 1 fully saturated rings. The summed E-state index contributed by atoms with van der Waals surface area (Å²) >= 11 is 6.03. The molecule has 166 valence electrons. The van der Waals surface area contributed by atoms with Crippen molar-refractivity contribution in [3.63, 3.8) is 0 Å². The molecule has 2 aliphatic rings. The molecule has 0 spiro atoms. The maximum Gasteiger partial charge on any atom is 0.234 e. The average molecular weight is 453 g/mol. The van der Waals surface area contributed by atoms with Crippen LogP contribution in [-0.2, 0) is 4.79 Å². The number of ketones is 1. The molecule has 1 aromatic heterocycles. The van der Waals surface area contributed by atoms with Crippen LogP contribution in [0.3, 0.4) is 0 Å². The van der Waals surface area contributed by atoms with Gasteiger partial charge in [-0.05, 0) is 49.7 Å². The van der Waals surface area contributed by atoms with Gasteiger partial charge in [-0.1, -0.05) is 16.8 Å². The number of halogens is 1. The van der Waals surface area contributed by atoms with E-state index in [9.17, 15) is 9.59 Å². The SMILES string of the molecule is CCN1C(=O)C(C)c2cc(C(=O)CN3CCN(c4noc5cc(Cl)ccc45)CC3)ccc21. The summed E-state index contributed by atoms with van der Waals surface area (Å²) in [6.45, 7) is 7.93. The van der Waals surface area contributed by atoms with Gasteiger partial charge in [0.2, 0.25) is 5.91 Å². The highest BCUT2D eigenvalue weighted by molar-refractivity contribution is 6.31. The predicted octanol–water partition coefficient (Wildman–Crippen LogP) is 3.96. The highest BCUT2D eigenvalue weighted by atomic mass is 35.5. The molecule has 1 amide bonds. The molecule has 5 rings (SSSR count). The number of piperazine rings is 1. The van der Waals surface area contributed by atoms with Crippen molar-refractivity contribution in [2.45, 2.75) is 19.8 Å². The van der Waals surface area contributed by atoms with E-state index in [0.717, 1.165) is 48.6 Å². The molecular weight excluding hydrogens is 428 g/mol. The van der Waals surface area contributed by atoms with Gasteiger partial charge in [0.25, 0.3) is 0 Å². The van der Waals surface area contributed by atoms with E-state index in [1.54, 1.807) is 11.0 Å². The molecule has 0 saturated carbocycles. The predicted molar refractivity (Wildman–Crippen MR) is 125 cm³/mol.